The Bertz CT molecular complexity index is 497. The molecule has 0 aliphatic carbocycles. The van der Waals surface area contributed by atoms with Gasteiger partial charge in [-0.1, -0.05) is 25.5 Å². The highest BCUT2D eigenvalue weighted by molar-refractivity contribution is 5.69. The summed E-state index contributed by atoms with van der Waals surface area (Å²) in [5.74, 6) is 1.12. The van der Waals surface area contributed by atoms with Crippen molar-refractivity contribution in [2.24, 2.45) is 5.92 Å². The second kappa shape index (κ2) is 9.67. The maximum absolute atomic E-state index is 11.9. The molecule has 4 nitrogen and oxygen atoms in total. The third-order valence-corrected chi connectivity index (χ3v) is 4.62. The minimum Gasteiger partial charge on any atom is -0.497 e. The summed E-state index contributed by atoms with van der Waals surface area (Å²) in [6, 6.07) is 8.21. The maximum atomic E-state index is 11.9. The second-order valence-electron chi connectivity index (χ2n) is 6.59. The molecule has 3 atom stereocenters. The van der Waals surface area contributed by atoms with Crippen LogP contribution in [0.1, 0.15) is 51.5 Å². The molecule has 0 N–H and O–H groups in total. The third kappa shape index (κ3) is 5.52. The number of ether oxygens (including phenoxy) is 3. The van der Waals surface area contributed by atoms with Crippen molar-refractivity contribution in [3.8, 4) is 5.75 Å². The molecule has 1 aliphatic rings. The third-order valence-electron chi connectivity index (χ3n) is 4.62. The number of benzene rings is 1. The smallest absolute Gasteiger partial charge is 0.306 e. The lowest BCUT2D eigenvalue weighted by Gasteiger charge is -2.31. The molecule has 0 radical (unpaired) electrons. The Hall–Kier alpha value is -1.55. The minimum atomic E-state index is -0.203. The van der Waals surface area contributed by atoms with Gasteiger partial charge in [-0.15, -0.1) is 0 Å². The number of carbonyl (C=O) groups is 1. The van der Waals surface area contributed by atoms with Crippen LogP contribution in [0.3, 0.4) is 0 Å². The highest BCUT2D eigenvalue weighted by Gasteiger charge is 2.31. The van der Waals surface area contributed by atoms with Gasteiger partial charge < -0.3 is 14.2 Å². The van der Waals surface area contributed by atoms with Crippen molar-refractivity contribution in [1.29, 1.82) is 0 Å². The Kier molecular flexibility index (Phi) is 7.57. The van der Waals surface area contributed by atoms with E-state index in [0.29, 0.717) is 18.9 Å². The Balaban J connectivity index is 2.13. The molecule has 0 aromatic heterocycles. The van der Waals surface area contributed by atoms with Crippen LogP contribution in [-0.4, -0.2) is 31.9 Å². The molecule has 4 heteroatoms. The molecule has 24 heavy (non-hydrogen) atoms. The zero-order valence-electron chi connectivity index (χ0n) is 15.1. The van der Waals surface area contributed by atoms with Gasteiger partial charge in [0.25, 0.3) is 0 Å². The van der Waals surface area contributed by atoms with Crippen LogP contribution in [-0.2, 0) is 20.7 Å². The van der Waals surface area contributed by atoms with Crippen molar-refractivity contribution >= 4 is 5.97 Å². The summed E-state index contributed by atoms with van der Waals surface area (Å²) in [5, 5.41) is 0. The van der Waals surface area contributed by atoms with Crippen LogP contribution in [0.4, 0.5) is 0 Å². The Labute approximate surface area is 145 Å². The van der Waals surface area contributed by atoms with E-state index >= 15 is 0 Å². The fraction of sp³-hybridized carbons (Fsp3) is 0.650. The van der Waals surface area contributed by atoms with Gasteiger partial charge in [0.2, 0.25) is 0 Å². The van der Waals surface area contributed by atoms with Gasteiger partial charge in [0.05, 0.1) is 13.2 Å². The van der Waals surface area contributed by atoms with E-state index in [0.717, 1.165) is 37.9 Å². The summed E-state index contributed by atoms with van der Waals surface area (Å²) in [5.41, 5.74) is 1.27. The molecule has 0 spiro atoms. The van der Waals surface area contributed by atoms with Crippen molar-refractivity contribution in [3.05, 3.63) is 29.8 Å². The standard InChI is InChI=1S/C20H30O4/c1-4-13-23-20-15(2)24-19(21)8-6-5-7-17(20)14-16-9-11-18(22-3)12-10-16/h9-12,15,17,20H,4-8,13-14H2,1-3H3/t15-,17+,20-/m0/s1. The number of carbonyl (C=O) groups excluding carboxylic acids is 1. The van der Waals surface area contributed by atoms with Gasteiger partial charge >= 0.3 is 5.97 Å². The molecule has 1 fully saturated rings. The van der Waals surface area contributed by atoms with Crippen LogP contribution < -0.4 is 4.74 Å². The molecule has 1 aromatic carbocycles. The average molecular weight is 334 g/mol. The van der Waals surface area contributed by atoms with Gasteiger partial charge in [-0.05, 0) is 56.2 Å². The van der Waals surface area contributed by atoms with E-state index in [2.05, 4.69) is 19.1 Å². The molecule has 0 saturated carbocycles. The highest BCUT2D eigenvalue weighted by Crippen LogP contribution is 2.28. The molecule has 1 aromatic rings. The first kappa shape index (κ1) is 18.8. The molecule has 0 amide bonds. The van der Waals surface area contributed by atoms with Crippen LogP contribution in [0.2, 0.25) is 0 Å². The number of hydrogen-bond donors (Lipinski definition) is 0. The summed E-state index contributed by atoms with van der Waals surface area (Å²) in [6.07, 6.45) is 5.15. The first-order valence-corrected chi connectivity index (χ1v) is 9.08. The monoisotopic (exact) mass is 334 g/mol. The lowest BCUT2D eigenvalue weighted by Crippen LogP contribution is -2.38. The van der Waals surface area contributed by atoms with Gasteiger partial charge in [0.1, 0.15) is 11.9 Å². The van der Waals surface area contributed by atoms with Gasteiger partial charge in [-0.2, -0.15) is 0 Å². The lowest BCUT2D eigenvalue weighted by atomic mass is 9.87. The molecule has 134 valence electrons. The molecule has 1 aliphatic heterocycles. The van der Waals surface area contributed by atoms with Crippen LogP contribution in [0, 0.1) is 5.92 Å². The van der Waals surface area contributed by atoms with Crippen LogP contribution in [0.15, 0.2) is 24.3 Å². The topological polar surface area (TPSA) is 44.8 Å². The summed E-state index contributed by atoms with van der Waals surface area (Å²) in [4.78, 5) is 11.9. The van der Waals surface area contributed by atoms with E-state index in [1.54, 1.807) is 7.11 Å². The summed E-state index contributed by atoms with van der Waals surface area (Å²) in [7, 11) is 1.68. The van der Waals surface area contributed by atoms with Crippen LogP contribution in [0.5, 0.6) is 5.75 Å². The normalized spacial score (nSPS) is 25.3. The first-order valence-electron chi connectivity index (χ1n) is 9.08. The average Bonchev–Trinajstić information content (AvgIpc) is 2.64. The van der Waals surface area contributed by atoms with Crippen molar-refractivity contribution in [1.82, 2.24) is 0 Å². The number of methoxy groups -OCH3 is 1. The quantitative estimate of drug-likeness (QED) is 0.733. The highest BCUT2D eigenvalue weighted by atomic mass is 16.6. The summed E-state index contributed by atoms with van der Waals surface area (Å²) in [6.45, 7) is 4.76. The van der Waals surface area contributed by atoms with E-state index in [1.165, 1.54) is 5.56 Å². The first-order chi connectivity index (χ1) is 11.6. The van der Waals surface area contributed by atoms with Crippen molar-refractivity contribution in [2.45, 2.75) is 64.6 Å². The molecule has 2 rings (SSSR count). The Morgan fingerprint density at radius 2 is 1.96 bits per heavy atom. The van der Waals surface area contributed by atoms with Crippen molar-refractivity contribution in [2.75, 3.05) is 13.7 Å². The van der Waals surface area contributed by atoms with E-state index < -0.39 is 0 Å². The van der Waals surface area contributed by atoms with Crippen LogP contribution >= 0.6 is 0 Å². The second-order valence-corrected chi connectivity index (χ2v) is 6.59. The SMILES string of the molecule is CCCO[C@@H]1[C@@H](Cc2ccc(OC)cc2)CCCCC(=O)O[C@H]1C. The summed E-state index contributed by atoms with van der Waals surface area (Å²) >= 11 is 0. The number of esters is 1. The van der Waals surface area contributed by atoms with Gasteiger partial charge in [-0.3, -0.25) is 4.79 Å². The van der Waals surface area contributed by atoms with Gasteiger partial charge in [-0.25, -0.2) is 0 Å². The largest absolute Gasteiger partial charge is 0.497 e. The predicted octanol–water partition coefficient (Wildman–Crippen LogP) is 4.15. The van der Waals surface area contributed by atoms with Gasteiger partial charge in [0.15, 0.2) is 0 Å². The maximum Gasteiger partial charge on any atom is 0.306 e. The molecule has 0 unspecified atom stereocenters. The zero-order valence-corrected chi connectivity index (χ0v) is 15.1. The molecule has 1 saturated heterocycles. The van der Waals surface area contributed by atoms with E-state index in [1.807, 2.05) is 19.1 Å². The molecule has 1 heterocycles. The van der Waals surface area contributed by atoms with E-state index in [4.69, 9.17) is 14.2 Å². The zero-order chi connectivity index (χ0) is 17.4. The fourth-order valence-corrected chi connectivity index (χ4v) is 3.36. The van der Waals surface area contributed by atoms with Crippen molar-refractivity contribution in [3.63, 3.8) is 0 Å². The molecular weight excluding hydrogens is 304 g/mol. The predicted molar refractivity (Wildman–Crippen MR) is 94.2 cm³/mol. The van der Waals surface area contributed by atoms with Gasteiger partial charge in [0, 0.05) is 13.0 Å². The summed E-state index contributed by atoms with van der Waals surface area (Å²) < 4.78 is 16.9. The fourth-order valence-electron chi connectivity index (χ4n) is 3.36. The minimum absolute atomic E-state index is 0.0471. The number of cyclic esters (lactones) is 1. The number of rotatable bonds is 6. The molecule has 0 bridgehead atoms. The Morgan fingerprint density at radius 3 is 2.62 bits per heavy atom. The lowest BCUT2D eigenvalue weighted by molar-refractivity contribution is -0.158. The van der Waals surface area contributed by atoms with E-state index in [-0.39, 0.29) is 18.2 Å². The Morgan fingerprint density at radius 1 is 1.21 bits per heavy atom. The van der Waals surface area contributed by atoms with E-state index in [9.17, 15) is 4.79 Å². The molecular formula is C20H30O4. The number of hydrogen-bond acceptors (Lipinski definition) is 4. The van der Waals surface area contributed by atoms with Crippen LogP contribution in [0.25, 0.3) is 0 Å². The van der Waals surface area contributed by atoms with Crippen molar-refractivity contribution < 1.29 is 19.0 Å².